The van der Waals surface area contributed by atoms with Gasteiger partial charge in [-0.3, -0.25) is 0 Å². The van der Waals surface area contributed by atoms with E-state index in [4.69, 9.17) is 13.7 Å². The van der Waals surface area contributed by atoms with Crippen LogP contribution in [0, 0.1) is 6.92 Å². The van der Waals surface area contributed by atoms with Gasteiger partial charge in [0.25, 0.3) is 0 Å². The van der Waals surface area contributed by atoms with Crippen molar-refractivity contribution >= 4 is 0 Å². The van der Waals surface area contributed by atoms with Gasteiger partial charge in [-0.25, -0.2) is 4.98 Å². The molecule has 22 heavy (non-hydrogen) atoms. The monoisotopic (exact) mass is 299 g/mol. The van der Waals surface area contributed by atoms with Crippen molar-refractivity contribution in [1.82, 2.24) is 15.1 Å². The molecule has 6 heteroatoms. The fourth-order valence-electron chi connectivity index (χ4n) is 2.05. The Kier molecular flexibility index (Phi) is 4.60. The van der Waals surface area contributed by atoms with Gasteiger partial charge in [0.05, 0.1) is 12.3 Å². The fraction of sp³-hybridized carbons (Fsp3) is 0.312. The van der Waals surface area contributed by atoms with Gasteiger partial charge in [0.1, 0.15) is 0 Å². The molecule has 3 aromatic rings. The van der Waals surface area contributed by atoms with Crippen LogP contribution in [0.5, 0.6) is 0 Å². The highest BCUT2D eigenvalue weighted by molar-refractivity contribution is 5.48. The third-order valence-corrected chi connectivity index (χ3v) is 3.21. The second-order valence-electron chi connectivity index (χ2n) is 4.92. The topological polar surface area (TPSA) is 74.2 Å². The van der Waals surface area contributed by atoms with Crippen LogP contribution < -0.4 is 0 Å². The Morgan fingerprint density at radius 2 is 2.05 bits per heavy atom. The van der Waals surface area contributed by atoms with Crippen LogP contribution in [0.2, 0.25) is 0 Å². The second kappa shape index (κ2) is 7.00. The van der Waals surface area contributed by atoms with E-state index < -0.39 is 0 Å². The first-order valence-corrected chi connectivity index (χ1v) is 7.17. The number of nitrogens with zero attached hydrogens (tertiary/aromatic N) is 3. The van der Waals surface area contributed by atoms with E-state index in [1.807, 2.05) is 37.3 Å². The average Bonchev–Trinajstić information content (AvgIpc) is 3.16. The Morgan fingerprint density at radius 1 is 1.18 bits per heavy atom. The molecule has 0 saturated heterocycles. The smallest absolute Gasteiger partial charge is 0.240 e. The highest BCUT2D eigenvalue weighted by Crippen LogP contribution is 2.19. The van der Waals surface area contributed by atoms with Crippen molar-refractivity contribution in [2.24, 2.45) is 0 Å². The predicted octanol–water partition coefficient (Wildman–Crippen LogP) is 3.18. The summed E-state index contributed by atoms with van der Waals surface area (Å²) in [6.07, 6.45) is 2.87. The quantitative estimate of drug-likeness (QED) is 0.624. The molecule has 0 aliphatic heterocycles. The van der Waals surface area contributed by atoms with Crippen molar-refractivity contribution in [2.45, 2.75) is 26.4 Å². The van der Waals surface area contributed by atoms with Gasteiger partial charge < -0.3 is 13.7 Å². The maximum Gasteiger partial charge on any atom is 0.240 e. The maximum atomic E-state index is 5.62. The minimum atomic E-state index is 0.440. The predicted molar refractivity (Wildman–Crippen MR) is 79.0 cm³/mol. The van der Waals surface area contributed by atoms with Crippen LogP contribution in [0.3, 0.4) is 0 Å². The molecule has 0 unspecified atom stereocenters. The minimum Gasteiger partial charge on any atom is -0.440 e. The second-order valence-corrected chi connectivity index (χ2v) is 4.92. The summed E-state index contributed by atoms with van der Waals surface area (Å²) in [7, 11) is 0. The van der Waals surface area contributed by atoms with Crippen LogP contribution in [-0.4, -0.2) is 21.7 Å². The zero-order chi connectivity index (χ0) is 15.2. The highest BCUT2D eigenvalue weighted by atomic mass is 16.5. The van der Waals surface area contributed by atoms with Crippen molar-refractivity contribution in [3.8, 4) is 11.6 Å². The largest absolute Gasteiger partial charge is 0.440 e. The molecule has 0 amide bonds. The Balaban J connectivity index is 1.43. The first kappa shape index (κ1) is 14.5. The van der Waals surface area contributed by atoms with E-state index in [0.717, 1.165) is 12.1 Å². The summed E-state index contributed by atoms with van der Waals surface area (Å²) in [5.41, 5.74) is 1.92. The Hall–Kier alpha value is -2.47. The summed E-state index contributed by atoms with van der Waals surface area (Å²) >= 11 is 0. The van der Waals surface area contributed by atoms with Gasteiger partial charge in [-0.2, -0.15) is 4.98 Å². The molecule has 0 saturated carbocycles. The molecular weight excluding hydrogens is 282 g/mol. The lowest BCUT2D eigenvalue weighted by Gasteiger charge is -2.02. The molecule has 0 aliphatic carbocycles. The van der Waals surface area contributed by atoms with E-state index in [1.165, 1.54) is 12.0 Å². The molecule has 0 spiro atoms. The minimum absolute atomic E-state index is 0.440. The number of benzene rings is 1. The van der Waals surface area contributed by atoms with Gasteiger partial charge in [-0.1, -0.05) is 35.5 Å². The van der Waals surface area contributed by atoms with Gasteiger partial charge in [-0.05, 0) is 18.9 Å². The lowest BCUT2D eigenvalue weighted by atomic mass is 10.2. The molecular formula is C16H17N3O3. The fourth-order valence-corrected chi connectivity index (χ4v) is 2.05. The van der Waals surface area contributed by atoms with Gasteiger partial charge in [-0.15, -0.1) is 0 Å². The molecule has 0 N–H and O–H groups in total. The Morgan fingerprint density at radius 3 is 2.82 bits per heavy atom. The van der Waals surface area contributed by atoms with E-state index in [0.29, 0.717) is 37.1 Å². The number of rotatable bonds is 7. The standard InChI is InChI=1S/C16H17N3O3/c1-12-15(21-11-17-12)16-18-14(22-19-16)8-5-9-20-10-13-6-3-2-4-7-13/h2-4,6-7,11H,5,8-10H2,1H3. The molecule has 0 fully saturated rings. The number of oxazole rings is 1. The van der Waals surface area contributed by atoms with Crippen molar-refractivity contribution < 1.29 is 13.7 Å². The first-order chi connectivity index (χ1) is 10.8. The van der Waals surface area contributed by atoms with E-state index in [-0.39, 0.29) is 0 Å². The van der Waals surface area contributed by atoms with Crippen molar-refractivity contribution in [3.63, 3.8) is 0 Å². The van der Waals surface area contributed by atoms with Gasteiger partial charge >= 0.3 is 0 Å². The summed E-state index contributed by atoms with van der Waals surface area (Å²) < 4.78 is 16.1. The van der Waals surface area contributed by atoms with Gasteiger partial charge in [0, 0.05) is 13.0 Å². The van der Waals surface area contributed by atoms with Crippen LogP contribution >= 0.6 is 0 Å². The zero-order valence-corrected chi connectivity index (χ0v) is 12.4. The Labute approximate surface area is 128 Å². The highest BCUT2D eigenvalue weighted by Gasteiger charge is 2.14. The molecule has 0 radical (unpaired) electrons. The molecule has 114 valence electrons. The van der Waals surface area contributed by atoms with E-state index in [2.05, 4.69) is 15.1 Å². The molecule has 1 aromatic carbocycles. The van der Waals surface area contributed by atoms with Gasteiger partial charge in [0.15, 0.2) is 12.2 Å². The Bertz CT molecular complexity index is 706. The van der Waals surface area contributed by atoms with Gasteiger partial charge in [0.2, 0.25) is 11.7 Å². The van der Waals surface area contributed by atoms with Crippen molar-refractivity contribution in [3.05, 3.63) is 53.9 Å². The average molecular weight is 299 g/mol. The molecule has 0 bridgehead atoms. The maximum absolute atomic E-state index is 5.62. The SMILES string of the molecule is Cc1ncoc1-c1noc(CCCOCc2ccccc2)n1. The van der Waals surface area contributed by atoms with E-state index in [9.17, 15) is 0 Å². The third kappa shape index (κ3) is 3.59. The normalized spacial score (nSPS) is 11.0. The molecule has 0 aliphatic rings. The van der Waals surface area contributed by atoms with Crippen LogP contribution in [0.25, 0.3) is 11.6 Å². The number of hydrogen-bond acceptors (Lipinski definition) is 6. The summed E-state index contributed by atoms with van der Waals surface area (Å²) in [6.45, 7) is 3.10. The number of ether oxygens (including phenoxy) is 1. The number of aromatic nitrogens is 3. The number of aryl methyl sites for hydroxylation is 2. The summed E-state index contributed by atoms with van der Waals surface area (Å²) in [5.74, 6) is 1.57. The van der Waals surface area contributed by atoms with Crippen LogP contribution in [-0.2, 0) is 17.8 Å². The number of hydrogen-bond donors (Lipinski definition) is 0. The zero-order valence-electron chi connectivity index (χ0n) is 12.4. The van der Waals surface area contributed by atoms with Crippen LogP contribution in [0.15, 0.2) is 45.7 Å². The summed E-state index contributed by atoms with van der Waals surface area (Å²) in [6, 6.07) is 10.1. The molecule has 2 aromatic heterocycles. The van der Waals surface area contributed by atoms with Crippen molar-refractivity contribution in [2.75, 3.05) is 6.61 Å². The van der Waals surface area contributed by atoms with E-state index >= 15 is 0 Å². The van der Waals surface area contributed by atoms with Crippen LogP contribution in [0.1, 0.15) is 23.6 Å². The summed E-state index contributed by atoms with van der Waals surface area (Å²) in [4.78, 5) is 8.31. The molecule has 0 atom stereocenters. The molecule has 6 nitrogen and oxygen atoms in total. The summed E-state index contributed by atoms with van der Waals surface area (Å²) in [5, 5.41) is 3.91. The molecule has 2 heterocycles. The van der Waals surface area contributed by atoms with Crippen molar-refractivity contribution in [1.29, 1.82) is 0 Å². The van der Waals surface area contributed by atoms with E-state index in [1.54, 1.807) is 0 Å². The lowest BCUT2D eigenvalue weighted by Crippen LogP contribution is -1.97. The first-order valence-electron chi connectivity index (χ1n) is 7.17. The molecule has 3 rings (SSSR count). The van der Waals surface area contributed by atoms with Crippen LogP contribution in [0.4, 0.5) is 0 Å². The third-order valence-electron chi connectivity index (χ3n) is 3.21. The lowest BCUT2D eigenvalue weighted by molar-refractivity contribution is 0.117.